The number of nitrogens with one attached hydrogen (secondary N) is 1. The van der Waals surface area contributed by atoms with Gasteiger partial charge in [-0.2, -0.15) is 0 Å². The Kier molecular flexibility index (Phi) is 3.72. The van der Waals surface area contributed by atoms with Crippen molar-refractivity contribution in [1.29, 1.82) is 0 Å². The van der Waals surface area contributed by atoms with Gasteiger partial charge in [0.05, 0.1) is 12.5 Å². The van der Waals surface area contributed by atoms with Gasteiger partial charge in [-0.15, -0.1) is 0 Å². The molecule has 0 bridgehead atoms. The van der Waals surface area contributed by atoms with Crippen LogP contribution in [0.2, 0.25) is 0 Å². The third kappa shape index (κ3) is 2.99. The lowest BCUT2D eigenvalue weighted by Gasteiger charge is -2.31. The molecule has 1 N–H and O–H groups in total. The molecule has 0 aliphatic carbocycles. The number of ether oxygens (including phenoxy) is 1. The number of carbonyl (C=O) groups is 1. The molecule has 1 aliphatic heterocycles. The highest BCUT2D eigenvalue weighted by Gasteiger charge is 2.29. The van der Waals surface area contributed by atoms with Crippen LogP contribution in [0.3, 0.4) is 0 Å². The van der Waals surface area contributed by atoms with E-state index in [0.717, 1.165) is 12.8 Å². The maximum absolute atomic E-state index is 11.4. The lowest BCUT2D eigenvalue weighted by atomic mass is 9.89. The van der Waals surface area contributed by atoms with Gasteiger partial charge in [-0.3, -0.25) is 4.79 Å². The topological polar surface area (TPSA) is 38.3 Å². The maximum atomic E-state index is 11.4. The molecule has 2 atom stereocenters. The van der Waals surface area contributed by atoms with Gasteiger partial charge in [0.25, 0.3) is 0 Å². The highest BCUT2D eigenvalue weighted by atomic mass is 16.5. The van der Waals surface area contributed by atoms with Gasteiger partial charge in [0.2, 0.25) is 0 Å². The van der Waals surface area contributed by atoms with Crippen molar-refractivity contribution >= 4 is 5.97 Å². The van der Waals surface area contributed by atoms with E-state index in [9.17, 15) is 4.79 Å². The van der Waals surface area contributed by atoms with E-state index < -0.39 is 0 Å². The van der Waals surface area contributed by atoms with Crippen molar-refractivity contribution in [3.8, 4) is 0 Å². The number of hydrogen-bond acceptors (Lipinski definition) is 3. The molecule has 1 rings (SSSR count). The molecule has 1 heterocycles. The summed E-state index contributed by atoms with van der Waals surface area (Å²) in [5.74, 6) is 0.0777. The molecule has 0 spiro atoms. The summed E-state index contributed by atoms with van der Waals surface area (Å²) in [6.07, 6.45) is 1.81. The summed E-state index contributed by atoms with van der Waals surface area (Å²) >= 11 is 0. The van der Waals surface area contributed by atoms with Crippen LogP contribution in [0.5, 0.6) is 0 Å². The molecule has 3 heteroatoms. The van der Waals surface area contributed by atoms with Crippen molar-refractivity contribution in [2.75, 3.05) is 6.61 Å². The second-order valence-corrected chi connectivity index (χ2v) is 3.89. The van der Waals surface area contributed by atoms with Crippen molar-refractivity contribution in [2.45, 2.75) is 45.7 Å². The first-order chi connectivity index (χ1) is 6.13. The van der Waals surface area contributed by atoms with Crippen molar-refractivity contribution in [2.24, 2.45) is 5.92 Å². The summed E-state index contributed by atoms with van der Waals surface area (Å²) in [4.78, 5) is 11.4. The van der Waals surface area contributed by atoms with Crippen LogP contribution in [-0.4, -0.2) is 24.7 Å². The average molecular weight is 185 g/mol. The van der Waals surface area contributed by atoms with Crippen LogP contribution < -0.4 is 5.32 Å². The zero-order valence-electron chi connectivity index (χ0n) is 8.67. The zero-order valence-corrected chi connectivity index (χ0v) is 8.67. The lowest BCUT2D eigenvalue weighted by molar-refractivity contribution is -0.149. The van der Waals surface area contributed by atoms with E-state index in [1.807, 2.05) is 6.92 Å². The highest BCUT2D eigenvalue weighted by Crippen LogP contribution is 2.21. The molecule has 1 aliphatic rings. The molecule has 0 aromatic heterocycles. The van der Waals surface area contributed by atoms with E-state index in [2.05, 4.69) is 19.2 Å². The monoisotopic (exact) mass is 185 g/mol. The van der Waals surface area contributed by atoms with Gasteiger partial charge < -0.3 is 10.1 Å². The number of esters is 1. The molecule has 3 nitrogen and oxygen atoms in total. The lowest BCUT2D eigenvalue weighted by Crippen LogP contribution is -2.44. The number of carbonyl (C=O) groups excluding carboxylic acids is 1. The first-order valence-corrected chi connectivity index (χ1v) is 5.06. The Bertz CT molecular complexity index is 172. The number of rotatable bonds is 2. The van der Waals surface area contributed by atoms with Crippen LogP contribution in [0.4, 0.5) is 0 Å². The minimum Gasteiger partial charge on any atom is -0.466 e. The molecule has 1 fully saturated rings. The van der Waals surface area contributed by atoms with E-state index in [1.54, 1.807) is 0 Å². The van der Waals surface area contributed by atoms with Gasteiger partial charge in [0, 0.05) is 12.1 Å². The fraction of sp³-hybridized carbons (Fsp3) is 0.900. The van der Waals surface area contributed by atoms with Gasteiger partial charge in [-0.25, -0.2) is 0 Å². The smallest absolute Gasteiger partial charge is 0.309 e. The molecule has 0 amide bonds. The van der Waals surface area contributed by atoms with Gasteiger partial charge in [0.15, 0.2) is 0 Å². The fourth-order valence-electron chi connectivity index (χ4n) is 2.02. The number of piperidine rings is 1. The minimum atomic E-state index is -0.0253. The predicted molar refractivity (Wildman–Crippen MR) is 51.4 cm³/mol. The molecular formula is C10H19NO2. The van der Waals surface area contributed by atoms with E-state index in [0.29, 0.717) is 18.7 Å². The Balaban J connectivity index is 2.45. The Morgan fingerprint density at radius 1 is 1.38 bits per heavy atom. The second kappa shape index (κ2) is 4.61. The van der Waals surface area contributed by atoms with Crippen molar-refractivity contribution in [3.63, 3.8) is 0 Å². The fourth-order valence-corrected chi connectivity index (χ4v) is 2.02. The third-order valence-corrected chi connectivity index (χ3v) is 2.47. The largest absolute Gasteiger partial charge is 0.466 e. The molecule has 0 saturated carbocycles. The normalized spacial score (nSPS) is 34.2. The molecule has 76 valence electrons. The van der Waals surface area contributed by atoms with Crippen molar-refractivity contribution < 1.29 is 9.53 Å². The van der Waals surface area contributed by atoms with Crippen LogP contribution in [0.15, 0.2) is 0 Å². The summed E-state index contributed by atoms with van der Waals surface area (Å²) in [7, 11) is 0. The molecule has 0 aromatic carbocycles. The Labute approximate surface area is 79.8 Å². The van der Waals surface area contributed by atoms with Crippen LogP contribution in [0.25, 0.3) is 0 Å². The zero-order chi connectivity index (χ0) is 9.84. The Morgan fingerprint density at radius 2 is 1.92 bits per heavy atom. The third-order valence-electron chi connectivity index (χ3n) is 2.47. The molecule has 13 heavy (non-hydrogen) atoms. The van der Waals surface area contributed by atoms with Gasteiger partial charge in [-0.05, 0) is 33.6 Å². The van der Waals surface area contributed by atoms with Gasteiger partial charge >= 0.3 is 5.97 Å². The summed E-state index contributed by atoms with van der Waals surface area (Å²) in [6.45, 7) is 6.57. The van der Waals surface area contributed by atoms with Crippen LogP contribution in [0, 0.1) is 5.92 Å². The highest BCUT2D eigenvalue weighted by molar-refractivity contribution is 5.72. The molecule has 0 aromatic rings. The van der Waals surface area contributed by atoms with E-state index in [-0.39, 0.29) is 11.9 Å². The quantitative estimate of drug-likeness (QED) is 0.659. The predicted octanol–water partition coefficient (Wildman–Crippen LogP) is 1.33. The Hall–Kier alpha value is -0.570. The minimum absolute atomic E-state index is 0.0253. The molecular weight excluding hydrogens is 166 g/mol. The summed E-state index contributed by atoms with van der Waals surface area (Å²) in [6, 6.07) is 0.858. The van der Waals surface area contributed by atoms with Gasteiger partial charge in [0.1, 0.15) is 0 Å². The molecule has 0 unspecified atom stereocenters. The van der Waals surface area contributed by atoms with Crippen molar-refractivity contribution in [3.05, 3.63) is 0 Å². The second-order valence-electron chi connectivity index (χ2n) is 3.89. The van der Waals surface area contributed by atoms with E-state index >= 15 is 0 Å². The summed E-state index contributed by atoms with van der Waals surface area (Å²) in [5, 5.41) is 3.40. The average Bonchev–Trinajstić information content (AvgIpc) is 2.03. The molecule has 1 saturated heterocycles. The first-order valence-electron chi connectivity index (χ1n) is 5.06. The van der Waals surface area contributed by atoms with Crippen LogP contribution in [0.1, 0.15) is 33.6 Å². The maximum Gasteiger partial charge on any atom is 0.309 e. The molecule has 0 radical (unpaired) electrons. The Morgan fingerprint density at radius 3 is 2.38 bits per heavy atom. The standard InChI is InChI=1S/C10H19NO2/c1-4-13-10(12)9-5-7(2)11-8(3)6-9/h7-9,11H,4-6H2,1-3H3/t7-,8-/m1/s1. The summed E-state index contributed by atoms with van der Waals surface area (Å²) < 4.78 is 5.01. The van der Waals surface area contributed by atoms with E-state index in [1.165, 1.54) is 0 Å². The first kappa shape index (κ1) is 10.5. The van der Waals surface area contributed by atoms with Crippen LogP contribution in [-0.2, 0) is 9.53 Å². The van der Waals surface area contributed by atoms with E-state index in [4.69, 9.17) is 4.74 Å². The summed E-state index contributed by atoms with van der Waals surface area (Å²) in [5.41, 5.74) is 0. The number of hydrogen-bond donors (Lipinski definition) is 1. The van der Waals surface area contributed by atoms with Crippen LogP contribution >= 0.6 is 0 Å². The van der Waals surface area contributed by atoms with Gasteiger partial charge in [-0.1, -0.05) is 0 Å². The SMILES string of the molecule is CCOC(=O)C1C[C@@H](C)N[C@H](C)C1. The van der Waals surface area contributed by atoms with Crippen molar-refractivity contribution in [1.82, 2.24) is 5.32 Å².